The number of nitrogens with zero attached hydrogens (tertiary/aromatic N) is 1. The Labute approximate surface area is 80.1 Å². The smallest absolute Gasteiger partial charge is 0.384 e. The number of carbonyl (C=O) groups excluding carboxylic acids is 2. The molecule has 0 saturated carbocycles. The summed E-state index contributed by atoms with van der Waals surface area (Å²) < 4.78 is 9.47. The zero-order valence-corrected chi connectivity index (χ0v) is 8.08. The highest BCUT2D eigenvalue weighted by atomic mass is 16.6. The molecule has 0 atom stereocenters. The van der Waals surface area contributed by atoms with Gasteiger partial charge in [0.1, 0.15) is 0 Å². The van der Waals surface area contributed by atoms with Crippen molar-refractivity contribution in [2.45, 2.75) is 26.2 Å². The average Bonchev–Trinajstić information content (AvgIpc) is 2.53. The third-order valence-corrected chi connectivity index (χ3v) is 1.83. The van der Waals surface area contributed by atoms with Crippen molar-refractivity contribution >= 4 is 11.9 Å². The second-order valence-corrected chi connectivity index (χ2v) is 4.12. The van der Waals surface area contributed by atoms with Crippen LogP contribution in [0.1, 0.15) is 47.7 Å². The van der Waals surface area contributed by atoms with Crippen LogP contribution in [0, 0.1) is 0 Å². The summed E-state index contributed by atoms with van der Waals surface area (Å²) in [4.78, 5) is 26.0. The molecular formula is C9H9NO4. The Kier molecular flexibility index (Phi) is 1.55. The molecular weight excluding hydrogens is 186 g/mol. The summed E-state index contributed by atoms with van der Waals surface area (Å²) in [6, 6.07) is 0. The van der Waals surface area contributed by atoms with Crippen LogP contribution in [0.5, 0.6) is 0 Å². The van der Waals surface area contributed by atoms with Crippen molar-refractivity contribution in [2.75, 3.05) is 0 Å². The van der Waals surface area contributed by atoms with Gasteiger partial charge < -0.3 is 9.15 Å². The lowest BCUT2D eigenvalue weighted by Crippen LogP contribution is -2.13. The Bertz CT molecular complexity index is 393. The summed E-state index contributed by atoms with van der Waals surface area (Å²) in [6.07, 6.45) is 0. The Balaban J connectivity index is 2.54. The van der Waals surface area contributed by atoms with E-state index in [1.807, 2.05) is 20.8 Å². The minimum atomic E-state index is -0.756. The van der Waals surface area contributed by atoms with Gasteiger partial charge in [0, 0.05) is 5.41 Å². The predicted molar refractivity (Wildman–Crippen MR) is 44.9 cm³/mol. The number of oxazole rings is 1. The minimum absolute atomic E-state index is 0.0140. The van der Waals surface area contributed by atoms with Crippen LogP contribution < -0.4 is 0 Å². The maximum absolute atomic E-state index is 11.1. The van der Waals surface area contributed by atoms with E-state index in [9.17, 15) is 9.59 Å². The molecule has 0 amide bonds. The largest absolute Gasteiger partial charge is 0.432 e. The highest BCUT2D eigenvalue weighted by Gasteiger charge is 2.38. The lowest BCUT2D eigenvalue weighted by atomic mass is 9.97. The van der Waals surface area contributed by atoms with Gasteiger partial charge in [0.25, 0.3) is 0 Å². The highest BCUT2D eigenvalue weighted by Crippen LogP contribution is 2.27. The number of ether oxygens (including phenoxy) is 1. The van der Waals surface area contributed by atoms with Crippen molar-refractivity contribution in [1.29, 1.82) is 0 Å². The SMILES string of the molecule is CC(C)(C)c1nc2c(o1)C(=O)OC2=O. The molecule has 5 heteroatoms. The minimum Gasteiger partial charge on any atom is -0.432 e. The Morgan fingerprint density at radius 1 is 1.14 bits per heavy atom. The molecule has 0 fully saturated rings. The van der Waals surface area contributed by atoms with Gasteiger partial charge >= 0.3 is 11.9 Å². The number of rotatable bonds is 0. The molecule has 0 spiro atoms. The van der Waals surface area contributed by atoms with E-state index in [-0.39, 0.29) is 16.9 Å². The van der Waals surface area contributed by atoms with Crippen molar-refractivity contribution in [2.24, 2.45) is 0 Å². The van der Waals surface area contributed by atoms with Crippen LogP contribution in [0.4, 0.5) is 0 Å². The number of aromatic nitrogens is 1. The standard InChI is InChI=1S/C9H9NO4/c1-9(2,3)8-10-4-5(13-8)7(12)14-6(4)11/h1-3H3. The van der Waals surface area contributed by atoms with Crippen LogP contribution in [0.2, 0.25) is 0 Å². The molecule has 0 saturated heterocycles. The second kappa shape index (κ2) is 2.43. The fourth-order valence-electron chi connectivity index (χ4n) is 1.10. The van der Waals surface area contributed by atoms with Crippen molar-refractivity contribution in [3.8, 4) is 0 Å². The molecule has 0 unspecified atom stereocenters. The zero-order valence-electron chi connectivity index (χ0n) is 8.08. The van der Waals surface area contributed by atoms with Gasteiger partial charge in [-0.2, -0.15) is 0 Å². The summed E-state index contributed by atoms with van der Waals surface area (Å²) >= 11 is 0. The van der Waals surface area contributed by atoms with Crippen LogP contribution in [0.25, 0.3) is 0 Å². The first kappa shape index (κ1) is 8.93. The van der Waals surface area contributed by atoms with Crippen molar-refractivity contribution in [1.82, 2.24) is 4.98 Å². The molecule has 1 aromatic rings. The molecule has 2 rings (SSSR count). The molecule has 14 heavy (non-hydrogen) atoms. The first-order valence-corrected chi connectivity index (χ1v) is 4.17. The van der Waals surface area contributed by atoms with Gasteiger partial charge in [0.05, 0.1) is 0 Å². The Morgan fingerprint density at radius 2 is 1.79 bits per heavy atom. The van der Waals surface area contributed by atoms with Crippen LogP contribution in [-0.4, -0.2) is 16.9 Å². The van der Waals surface area contributed by atoms with E-state index >= 15 is 0 Å². The molecule has 0 aromatic carbocycles. The summed E-state index contributed by atoms with van der Waals surface area (Å²) in [7, 11) is 0. The van der Waals surface area contributed by atoms with Gasteiger partial charge in [-0.1, -0.05) is 20.8 Å². The van der Waals surface area contributed by atoms with Gasteiger partial charge in [-0.05, 0) is 0 Å². The number of fused-ring (bicyclic) bond motifs is 1. The van der Waals surface area contributed by atoms with Crippen molar-refractivity contribution in [3.63, 3.8) is 0 Å². The van der Waals surface area contributed by atoms with E-state index in [4.69, 9.17) is 4.42 Å². The van der Waals surface area contributed by atoms with E-state index in [1.165, 1.54) is 0 Å². The summed E-state index contributed by atoms with van der Waals surface area (Å²) in [5.41, 5.74) is -0.342. The predicted octanol–water partition coefficient (Wildman–Crippen LogP) is 1.28. The second-order valence-electron chi connectivity index (χ2n) is 4.12. The molecule has 1 aromatic heterocycles. The average molecular weight is 195 g/mol. The Hall–Kier alpha value is -1.65. The molecule has 0 bridgehead atoms. The Morgan fingerprint density at radius 3 is 2.29 bits per heavy atom. The van der Waals surface area contributed by atoms with Crippen LogP contribution in [0.15, 0.2) is 4.42 Å². The monoisotopic (exact) mass is 195 g/mol. The number of carbonyl (C=O) groups is 2. The van der Waals surface area contributed by atoms with E-state index in [0.717, 1.165) is 0 Å². The molecule has 0 radical (unpaired) electrons. The fourth-order valence-corrected chi connectivity index (χ4v) is 1.10. The molecule has 1 aliphatic rings. The van der Waals surface area contributed by atoms with E-state index in [1.54, 1.807) is 0 Å². The maximum Gasteiger partial charge on any atom is 0.384 e. The normalized spacial score (nSPS) is 15.6. The van der Waals surface area contributed by atoms with E-state index in [0.29, 0.717) is 5.89 Å². The first-order valence-electron chi connectivity index (χ1n) is 4.17. The maximum atomic E-state index is 11.1. The van der Waals surface area contributed by atoms with Gasteiger partial charge in [0.15, 0.2) is 0 Å². The van der Waals surface area contributed by atoms with E-state index in [2.05, 4.69) is 9.72 Å². The van der Waals surface area contributed by atoms with Crippen LogP contribution in [0.3, 0.4) is 0 Å². The molecule has 1 aliphatic heterocycles. The first-order chi connectivity index (χ1) is 6.39. The third kappa shape index (κ3) is 1.13. The van der Waals surface area contributed by atoms with Gasteiger partial charge in [-0.15, -0.1) is 0 Å². The topological polar surface area (TPSA) is 69.4 Å². The molecule has 2 heterocycles. The zero-order chi connectivity index (χ0) is 10.5. The molecule has 5 nitrogen and oxygen atoms in total. The number of esters is 2. The van der Waals surface area contributed by atoms with Gasteiger partial charge in [-0.3, -0.25) is 0 Å². The van der Waals surface area contributed by atoms with E-state index < -0.39 is 11.9 Å². The van der Waals surface area contributed by atoms with Crippen LogP contribution >= 0.6 is 0 Å². The molecule has 74 valence electrons. The molecule has 0 aliphatic carbocycles. The lowest BCUT2D eigenvalue weighted by Gasteiger charge is -2.12. The summed E-state index contributed by atoms with van der Waals surface area (Å²) in [6.45, 7) is 5.64. The molecule has 0 N–H and O–H groups in total. The van der Waals surface area contributed by atoms with Crippen molar-refractivity contribution in [3.05, 3.63) is 17.3 Å². The number of cyclic esters (lactones) is 2. The highest BCUT2D eigenvalue weighted by molar-refractivity contribution is 6.11. The quantitative estimate of drug-likeness (QED) is 0.460. The fraction of sp³-hybridized carbons (Fsp3) is 0.444. The lowest BCUT2D eigenvalue weighted by molar-refractivity contribution is 0.0422. The van der Waals surface area contributed by atoms with Gasteiger partial charge in [0.2, 0.25) is 17.3 Å². The van der Waals surface area contributed by atoms with Crippen molar-refractivity contribution < 1.29 is 18.7 Å². The summed E-state index contributed by atoms with van der Waals surface area (Å²) in [5, 5.41) is 0. The van der Waals surface area contributed by atoms with Crippen LogP contribution in [-0.2, 0) is 10.2 Å². The summed E-state index contributed by atoms with van der Waals surface area (Å²) in [5.74, 6) is -1.20. The number of hydrogen-bond donors (Lipinski definition) is 0. The third-order valence-electron chi connectivity index (χ3n) is 1.83. The number of hydrogen-bond acceptors (Lipinski definition) is 5. The van der Waals surface area contributed by atoms with Gasteiger partial charge in [-0.25, -0.2) is 14.6 Å².